The minimum absolute atomic E-state index is 0.0633. The normalized spacial score (nSPS) is 14.9. The highest BCUT2D eigenvalue weighted by molar-refractivity contribution is 7.08. The van der Waals surface area contributed by atoms with Gasteiger partial charge in [-0.15, -0.1) is 0 Å². The number of hydrogen-bond acceptors (Lipinski definition) is 9. The second-order valence-corrected chi connectivity index (χ2v) is 9.06. The van der Waals surface area contributed by atoms with Crippen molar-refractivity contribution in [1.82, 2.24) is 18.9 Å². The number of carbonyl (C=O) groups is 2. The highest BCUT2D eigenvalue weighted by atomic mass is 32.1. The number of rotatable bonds is 9. The average molecular weight is 472 g/mol. The number of aromatic nitrogens is 4. The number of carboxylic acid groups (broad SMARTS) is 1. The van der Waals surface area contributed by atoms with Crippen LogP contribution in [0.3, 0.4) is 0 Å². The van der Waals surface area contributed by atoms with E-state index in [4.69, 9.17) is 4.74 Å². The molecule has 174 valence electrons. The van der Waals surface area contributed by atoms with Gasteiger partial charge in [0.2, 0.25) is 10.6 Å². The van der Waals surface area contributed by atoms with Gasteiger partial charge in [0.15, 0.2) is 5.65 Å². The number of fused-ring (bicyclic) bond motifs is 1. The fourth-order valence-corrected chi connectivity index (χ4v) is 4.48. The van der Waals surface area contributed by atoms with E-state index in [0.717, 1.165) is 11.5 Å². The maximum Gasteiger partial charge on any atom is 0.341 e. The van der Waals surface area contributed by atoms with E-state index in [1.807, 2.05) is 18.7 Å². The Balaban J connectivity index is 1.63. The van der Waals surface area contributed by atoms with Crippen molar-refractivity contribution in [3.05, 3.63) is 39.9 Å². The van der Waals surface area contributed by atoms with Crippen LogP contribution < -0.4 is 10.3 Å². The van der Waals surface area contributed by atoms with Crippen LogP contribution in [0.1, 0.15) is 36.2 Å². The molecule has 0 bridgehead atoms. The van der Waals surface area contributed by atoms with Gasteiger partial charge in [0.1, 0.15) is 23.5 Å². The first-order chi connectivity index (χ1) is 15.8. The zero-order chi connectivity index (χ0) is 23.7. The van der Waals surface area contributed by atoms with E-state index in [9.17, 15) is 19.5 Å². The summed E-state index contributed by atoms with van der Waals surface area (Å²) in [6.07, 6.45) is 3.09. The lowest BCUT2D eigenvalue weighted by Gasteiger charge is -2.39. The number of ketones is 1. The molecule has 4 heterocycles. The molecule has 33 heavy (non-hydrogen) atoms. The molecule has 1 saturated heterocycles. The van der Waals surface area contributed by atoms with Crippen molar-refractivity contribution in [1.29, 1.82) is 0 Å². The molecule has 0 aliphatic carbocycles. The molecular formula is C22H25N5O5S. The van der Waals surface area contributed by atoms with Gasteiger partial charge in [0.25, 0.3) is 0 Å². The monoisotopic (exact) mass is 471 g/mol. The summed E-state index contributed by atoms with van der Waals surface area (Å²) in [5.41, 5.74) is -0.0146. The zero-order valence-corrected chi connectivity index (χ0v) is 19.5. The Bertz CT molecular complexity index is 1250. The third-order valence-electron chi connectivity index (χ3n) is 5.75. The number of carbonyl (C=O) groups excluding carboxylic acids is 1. The Hall–Kier alpha value is -3.18. The van der Waals surface area contributed by atoms with Crippen molar-refractivity contribution in [2.45, 2.75) is 27.2 Å². The summed E-state index contributed by atoms with van der Waals surface area (Å²) in [6.45, 7) is 8.01. The number of nitrogens with zero attached hydrogens (tertiary/aromatic N) is 5. The maximum atomic E-state index is 12.9. The van der Waals surface area contributed by atoms with Gasteiger partial charge in [-0.05, 0) is 31.4 Å². The molecule has 1 aliphatic rings. The predicted molar refractivity (Wildman–Crippen MR) is 123 cm³/mol. The lowest BCUT2D eigenvalue weighted by Crippen LogP contribution is -2.51. The van der Waals surface area contributed by atoms with Crippen LogP contribution in [0.2, 0.25) is 0 Å². The highest BCUT2D eigenvalue weighted by Gasteiger charge is 2.34. The van der Waals surface area contributed by atoms with Crippen LogP contribution >= 0.6 is 11.5 Å². The molecule has 1 atom stereocenters. The van der Waals surface area contributed by atoms with E-state index in [0.29, 0.717) is 54.9 Å². The maximum absolute atomic E-state index is 12.9. The van der Waals surface area contributed by atoms with Crippen molar-refractivity contribution < 1.29 is 19.4 Å². The Morgan fingerprint density at radius 2 is 2.12 bits per heavy atom. The van der Waals surface area contributed by atoms with Crippen molar-refractivity contribution in [2.24, 2.45) is 11.8 Å². The summed E-state index contributed by atoms with van der Waals surface area (Å²) in [6, 6.07) is 1.76. The summed E-state index contributed by atoms with van der Waals surface area (Å²) >= 11 is 1.07. The van der Waals surface area contributed by atoms with Gasteiger partial charge in [-0.2, -0.15) is 4.37 Å². The average Bonchev–Trinajstić information content (AvgIpc) is 3.25. The number of carboxylic acids is 1. The van der Waals surface area contributed by atoms with Gasteiger partial charge < -0.3 is 14.7 Å². The summed E-state index contributed by atoms with van der Waals surface area (Å²) in [7, 11) is 0. The molecule has 0 radical (unpaired) electrons. The van der Waals surface area contributed by atoms with Crippen molar-refractivity contribution in [2.75, 3.05) is 31.2 Å². The second kappa shape index (κ2) is 9.36. The second-order valence-electron chi connectivity index (χ2n) is 8.30. The Labute approximate surface area is 194 Å². The van der Waals surface area contributed by atoms with E-state index in [2.05, 4.69) is 14.3 Å². The lowest BCUT2D eigenvalue weighted by atomic mass is 9.89. The number of hydrogen-bond donors (Lipinski definition) is 1. The minimum atomic E-state index is -1.31. The van der Waals surface area contributed by atoms with Crippen LogP contribution in [-0.4, -0.2) is 62.1 Å². The van der Waals surface area contributed by atoms with Crippen LogP contribution in [0.4, 0.5) is 5.82 Å². The topological polar surface area (TPSA) is 128 Å². The van der Waals surface area contributed by atoms with Crippen molar-refractivity contribution in [3.63, 3.8) is 0 Å². The lowest BCUT2D eigenvalue weighted by molar-refractivity contribution is -0.124. The predicted octanol–water partition coefficient (Wildman–Crippen LogP) is 2.31. The van der Waals surface area contributed by atoms with Gasteiger partial charge in [-0.3, -0.25) is 14.2 Å². The van der Waals surface area contributed by atoms with E-state index in [1.165, 1.54) is 17.1 Å². The first-order valence-corrected chi connectivity index (χ1v) is 11.5. The minimum Gasteiger partial charge on any atom is -0.477 e. The van der Waals surface area contributed by atoms with Gasteiger partial charge >= 0.3 is 5.97 Å². The molecule has 1 fully saturated rings. The number of Topliss-reactive ketones (excluding diaryl/α,β-unsaturated/α-hetero) is 1. The van der Waals surface area contributed by atoms with Gasteiger partial charge in [-0.25, -0.2) is 14.8 Å². The molecule has 1 aliphatic heterocycles. The standard InChI is InChI=1S/C22H25N5O5S/c1-4-32-10-12(2)5-16(28)14-7-26(8-14)17-6-13(3)18-19(29)15(21(30)31)9-27(20(18)25-17)22-23-11-24-33-22/h6,9,11-12,14H,4-5,7-8,10H2,1-3H3,(H,30,31)/t12-/m1/s1. The fraction of sp³-hybridized carbons (Fsp3) is 0.455. The number of aryl methyl sites for hydroxylation is 1. The number of anilines is 1. The molecule has 11 heteroatoms. The molecule has 1 N–H and O–H groups in total. The van der Waals surface area contributed by atoms with Crippen LogP contribution in [-0.2, 0) is 9.53 Å². The first-order valence-electron chi connectivity index (χ1n) is 10.7. The molecule has 3 aromatic heterocycles. The quantitative estimate of drug-likeness (QED) is 0.500. The molecule has 0 aromatic carbocycles. The molecular weight excluding hydrogens is 446 g/mol. The Morgan fingerprint density at radius 1 is 1.36 bits per heavy atom. The molecule has 0 unspecified atom stereocenters. The van der Waals surface area contributed by atoms with Gasteiger partial charge in [-0.1, -0.05) is 6.92 Å². The molecule has 10 nitrogen and oxygen atoms in total. The third kappa shape index (κ3) is 4.51. The van der Waals surface area contributed by atoms with Crippen molar-refractivity contribution >= 4 is 40.1 Å². The van der Waals surface area contributed by atoms with Crippen molar-refractivity contribution in [3.8, 4) is 5.13 Å². The van der Waals surface area contributed by atoms with Gasteiger partial charge in [0.05, 0.1) is 11.3 Å². The first kappa shape index (κ1) is 23.0. The summed E-state index contributed by atoms with van der Waals surface area (Å²) in [5, 5.41) is 10.1. The highest BCUT2D eigenvalue weighted by Crippen LogP contribution is 2.29. The van der Waals surface area contributed by atoms with Crippen LogP contribution in [0, 0.1) is 18.8 Å². The number of ether oxygens (including phenoxy) is 1. The number of aromatic carboxylic acids is 1. The van der Waals surface area contributed by atoms with Crippen LogP contribution in [0.15, 0.2) is 23.4 Å². The van der Waals surface area contributed by atoms with E-state index in [-0.39, 0.29) is 28.6 Å². The number of pyridine rings is 2. The summed E-state index contributed by atoms with van der Waals surface area (Å²) < 4.78 is 10.9. The SMILES string of the molecule is CCOC[C@H](C)CC(=O)C1CN(c2cc(C)c3c(=O)c(C(=O)O)cn(-c4ncns4)c3n2)C1. The fourth-order valence-electron chi connectivity index (χ4n) is 3.97. The third-order valence-corrected chi connectivity index (χ3v) is 6.41. The molecule has 0 spiro atoms. The molecule has 4 rings (SSSR count). The molecule has 0 amide bonds. The Kier molecular flexibility index (Phi) is 6.52. The van der Waals surface area contributed by atoms with E-state index < -0.39 is 11.4 Å². The molecule has 0 saturated carbocycles. The van der Waals surface area contributed by atoms with E-state index in [1.54, 1.807) is 13.0 Å². The summed E-state index contributed by atoms with van der Waals surface area (Å²) in [5.74, 6) is -0.352. The summed E-state index contributed by atoms with van der Waals surface area (Å²) in [4.78, 5) is 47.9. The Morgan fingerprint density at radius 3 is 2.76 bits per heavy atom. The van der Waals surface area contributed by atoms with E-state index >= 15 is 0 Å². The smallest absolute Gasteiger partial charge is 0.341 e. The largest absolute Gasteiger partial charge is 0.477 e. The van der Waals surface area contributed by atoms with Gasteiger partial charge in [0, 0.05) is 50.5 Å². The molecule has 3 aromatic rings. The zero-order valence-electron chi connectivity index (χ0n) is 18.6. The van der Waals surface area contributed by atoms with Crippen LogP contribution in [0.5, 0.6) is 0 Å². The van der Waals surface area contributed by atoms with Crippen LogP contribution in [0.25, 0.3) is 16.2 Å².